The van der Waals surface area contributed by atoms with Gasteiger partial charge in [0.15, 0.2) is 5.78 Å². The molecule has 3 aromatic carbocycles. The van der Waals surface area contributed by atoms with Crippen LogP contribution in [0.4, 0.5) is 14.5 Å². The Morgan fingerprint density at radius 3 is 2.45 bits per heavy atom. The number of benzene rings is 3. The summed E-state index contributed by atoms with van der Waals surface area (Å²) in [6, 6.07) is 14.9. The molecule has 0 atom stereocenters. The normalized spacial score (nSPS) is 14.5. The first-order valence-electron chi connectivity index (χ1n) is 14.8. The highest BCUT2D eigenvalue weighted by Gasteiger charge is 2.21. The molecule has 5 rings (SSSR count). The molecule has 0 radical (unpaired) electrons. The van der Waals surface area contributed by atoms with Crippen molar-refractivity contribution in [2.45, 2.75) is 19.8 Å². The lowest BCUT2D eigenvalue weighted by molar-refractivity contribution is 0.101. The molecule has 1 aliphatic heterocycles. The number of H-pyrrole nitrogens is 1. The van der Waals surface area contributed by atoms with Gasteiger partial charge in [-0.05, 0) is 80.4 Å². The van der Waals surface area contributed by atoms with Crippen LogP contribution in [0, 0.1) is 17.6 Å². The summed E-state index contributed by atoms with van der Waals surface area (Å²) >= 11 is 0. The largest absolute Gasteiger partial charge is 0.496 e. The average Bonchev–Trinajstić information content (AvgIpc) is 3.41. The molecular formula is C34H39F2N5O3. The number of rotatable bonds is 12. The first kappa shape index (κ1) is 30.9. The SMILES string of the molecule is COc1cccc(OC)c1-c1ccc(NCCN2CCC(CN/C=C(\N)c3c(C(C)=O)[nH]c4ccc(F)cc34)CC2)cc1F. The number of hydrogen-bond acceptors (Lipinski definition) is 7. The molecule has 44 heavy (non-hydrogen) atoms. The van der Waals surface area contributed by atoms with E-state index in [4.69, 9.17) is 15.2 Å². The number of likely N-dealkylation sites (tertiary alicyclic amines) is 1. The quantitative estimate of drug-likeness (QED) is 0.147. The minimum Gasteiger partial charge on any atom is -0.496 e. The zero-order chi connectivity index (χ0) is 31.2. The summed E-state index contributed by atoms with van der Waals surface area (Å²) in [5, 5.41) is 7.24. The Labute approximate surface area is 256 Å². The molecule has 5 N–H and O–H groups in total. The fraction of sp³-hybridized carbons (Fsp3) is 0.324. The number of ether oxygens (including phenoxy) is 2. The minimum absolute atomic E-state index is 0.162. The second-order valence-corrected chi connectivity index (χ2v) is 11.1. The number of aromatic amines is 1. The molecule has 0 unspecified atom stereocenters. The van der Waals surface area contributed by atoms with E-state index in [1.54, 1.807) is 44.7 Å². The van der Waals surface area contributed by atoms with E-state index in [2.05, 4.69) is 20.5 Å². The number of anilines is 1. The van der Waals surface area contributed by atoms with E-state index in [1.165, 1.54) is 25.1 Å². The highest BCUT2D eigenvalue weighted by Crippen LogP contribution is 2.40. The fourth-order valence-corrected chi connectivity index (χ4v) is 5.85. The van der Waals surface area contributed by atoms with Gasteiger partial charge >= 0.3 is 0 Å². The van der Waals surface area contributed by atoms with Crippen LogP contribution in [0.25, 0.3) is 27.7 Å². The van der Waals surface area contributed by atoms with Crippen molar-refractivity contribution in [3.05, 3.63) is 83.7 Å². The van der Waals surface area contributed by atoms with Gasteiger partial charge in [0.1, 0.15) is 23.1 Å². The highest BCUT2D eigenvalue weighted by molar-refractivity contribution is 6.06. The van der Waals surface area contributed by atoms with Crippen molar-refractivity contribution in [3.63, 3.8) is 0 Å². The first-order valence-corrected chi connectivity index (χ1v) is 14.8. The topological polar surface area (TPSA) is 105 Å². The average molecular weight is 604 g/mol. The summed E-state index contributed by atoms with van der Waals surface area (Å²) in [6.45, 7) is 5.68. The zero-order valence-corrected chi connectivity index (χ0v) is 25.3. The molecular weight excluding hydrogens is 564 g/mol. The predicted molar refractivity (Wildman–Crippen MR) is 171 cm³/mol. The number of nitrogens with one attached hydrogen (secondary N) is 3. The van der Waals surface area contributed by atoms with Crippen LogP contribution in [-0.4, -0.2) is 62.6 Å². The van der Waals surface area contributed by atoms with E-state index in [0.29, 0.717) is 62.9 Å². The summed E-state index contributed by atoms with van der Waals surface area (Å²) in [5.74, 6) is 0.682. The van der Waals surface area contributed by atoms with Crippen LogP contribution in [-0.2, 0) is 0 Å². The molecule has 1 fully saturated rings. The first-order chi connectivity index (χ1) is 21.3. The number of fused-ring (bicyclic) bond motifs is 1. The van der Waals surface area contributed by atoms with Crippen LogP contribution >= 0.6 is 0 Å². The van der Waals surface area contributed by atoms with E-state index in [-0.39, 0.29) is 17.4 Å². The van der Waals surface area contributed by atoms with E-state index in [1.807, 2.05) is 12.1 Å². The number of halogens is 2. The van der Waals surface area contributed by atoms with Gasteiger partial charge in [0.05, 0.1) is 31.2 Å². The summed E-state index contributed by atoms with van der Waals surface area (Å²) in [5.41, 5.74) is 10.0. The van der Waals surface area contributed by atoms with Gasteiger partial charge in [-0.15, -0.1) is 0 Å². The molecule has 0 aliphatic carbocycles. The number of methoxy groups -OCH3 is 2. The van der Waals surface area contributed by atoms with Gasteiger partial charge in [-0.1, -0.05) is 6.07 Å². The van der Waals surface area contributed by atoms with Crippen molar-refractivity contribution >= 4 is 28.1 Å². The van der Waals surface area contributed by atoms with Crippen LogP contribution < -0.4 is 25.8 Å². The maximum absolute atomic E-state index is 15.2. The predicted octanol–water partition coefficient (Wildman–Crippen LogP) is 6.00. The fourth-order valence-electron chi connectivity index (χ4n) is 5.85. The third-order valence-electron chi connectivity index (χ3n) is 8.20. The number of hydrogen-bond donors (Lipinski definition) is 4. The standard InChI is InChI=1S/C34H39F2N5O3/c1-21(42)34-32(26-17-23(35)7-10-29(26)40-34)28(37)20-38-19-22-11-14-41(15-12-22)16-13-39-24-8-9-25(27(36)18-24)33-30(43-2)5-4-6-31(33)44-3/h4-10,17-18,20,22,38-40H,11-16,19,37H2,1-3H3/b28-20-. The third-order valence-corrected chi connectivity index (χ3v) is 8.20. The van der Waals surface area contributed by atoms with Crippen molar-refractivity contribution in [1.82, 2.24) is 15.2 Å². The van der Waals surface area contributed by atoms with E-state index in [0.717, 1.165) is 44.7 Å². The van der Waals surface area contributed by atoms with Crippen molar-refractivity contribution in [3.8, 4) is 22.6 Å². The number of ketones is 1. The summed E-state index contributed by atoms with van der Waals surface area (Å²) in [4.78, 5) is 17.7. The number of carbonyl (C=O) groups excluding carboxylic acids is 1. The van der Waals surface area contributed by atoms with Gasteiger partial charge in [-0.3, -0.25) is 4.79 Å². The molecule has 232 valence electrons. The van der Waals surface area contributed by atoms with E-state index >= 15 is 4.39 Å². The van der Waals surface area contributed by atoms with E-state index in [9.17, 15) is 9.18 Å². The lowest BCUT2D eigenvalue weighted by Crippen LogP contribution is -2.39. The smallest absolute Gasteiger partial charge is 0.176 e. The molecule has 1 saturated heterocycles. The number of Topliss-reactive ketones (excluding diaryl/α,β-unsaturated/α-hetero) is 1. The van der Waals surface area contributed by atoms with Gasteiger partial charge in [-0.25, -0.2) is 8.78 Å². The number of carbonyl (C=O) groups is 1. The van der Waals surface area contributed by atoms with Crippen LogP contribution in [0.15, 0.2) is 60.8 Å². The van der Waals surface area contributed by atoms with Crippen molar-refractivity contribution in [1.29, 1.82) is 0 Å². The van der Waals surface area contributed by atoms with Gasteiger partial charge in [-0.2, -0.15) is 0 Å². The highest BCUT2D eigenvalue weighted by atomic mass is 19.1. The van der Waals surface area contributed by atoms with Crippen LogP contribution in [0.2, 0.25) is 0 Å². The number of piperidine rings is 1. The Hall–Kier alpha value is -4.57. The molecule has 1 aromatic heterocycles. The van der Waals surface area contributed by atoms with Crippen molar-refractivity contribution < 1.29 is 23.0 Å². The molecule has 10 heteroatoms. The molecule has 0 amide bonds. The maximum atomic E-state index is 15.2. The second-order valence-electron chi connectivity index (χ2n) is 11.1. The Bertz CT molecular complexity index is 1640. The molecule has 2 heterocycles. The maximum Gasteiger partial charge on any atom is 0.176 e. The minimum atomic E-state index is -0.384. The van der Waals surface area contributed by atoms with Crippen LogP contribution in [0.5, 0.6) is 11.5 Å². The molecule has 0 saturated carbocycles. The molecule has 8 nitrogen and oxygen atoms in total. The molecule has 1 aliphatic rings. The number of aromatic nitrogens is 1. The van der Waals surface area contributed by atoms with Gasteiger partial charge in [0.2, 0.25) is 0 Å². The monoisotopic (exact) mass is 603 g/mol. The lowest BCUT2D eigenvalue weighted by Gasteiger charge is -2.32. The van der Waals surface area contributed by atoms with Gasteiger partial charge < -0.3 is 35.7 Å². The number of nitrogens with zero attached hydrogens (tertiary/aromatic N) is 1. The van der Waals surface area contributed by atoms with Crippen molar-refractivity contribution in [2.24, 2.45) is 11.7 Å². The zero-order valence-electron chi connectivity index (χ0n) is 25.3. The lowest BCUT2D eigenvalue weighted by atomic mass is 9.97. The van der Waals surface area contributed by atoms with E-state index < -0.39 is 0 Å². The molecule has 0 bridgehead atoms. The number of nitrogens with two attached hydrogens (primary N) is 1. The van der Waals surface area contributed by atoms with Crippen LogP contribution in [0.3, 0.4) is 0 Å². The van der Waals surface area contributed by atoms with Gasteiger partial charge in [0.25, 0.3) is 0 Å². The summed E-state index contributed by atoms with van der Waals surface area (Å²) < 4.78 is 39.9. The van der Waals surface area contributed by atoms with Crippen molar-refractivity contribution in [2.75, 3.05) is 52.3 Å². The Balaban J connectivity index is 1.10. The molecule has 0 spiro atoms. The molecule has 4 aromatic rings. The Morgan fingerprint density at radius 1 is 1.07 bits per heavy atom. The third kappa shape index (κ3) is 6.81. The second kappa shape index (κ2) is 13.8. The Kier molecular flexibility index (Phi) is 9.69. The van der Waals surface area contributed by atoms with Crippen LogP contribution in [0.1, 0.15) is 35.8 Å². The Morgan fingerprint density at radius 2 is 1.80 bits per heavy atom. The van der Waals surface area contributed by atoms with Gasteiger partial charge in [0, 0.05) is 60.5 Å². The summed E-state index contributed by atoms with van der Waals surface area (Å²) in [6.07, 6.45) is 3.77. The summed E-state index contributed by atoms with van der Waals surface area (Å²) in [7, 11) is 3.11.